The number of aliphatic hydroxyl groups is 1. The first-order valence-electron chi connectivity index (χ1n) is 7.16. The largest absolute Gasteiger partial charge is 0.390 e. The molecule has 102 valence electrons. The highest BCUT2D eigenvalue weighted by Crippen LogP contribution is 2.36. The Bertz CT molecular complexity index is 219. The fourth-order valence-corrected chi connectivity index (χ4v) is 3.08. The molecule has 1 saturated carbocycles. The Morgan fingerprint density at radius 3 is 2.41 bits per heavy atom. The summed E-state index contributed by atoms with van der Waals surface area (Å²) in [5.41, 5.74) is 0.0100. The van der Waals surface area contributed by atoms with Crippen molar-refractivity contribution < 1.29 is 9.84 Å². The summed E-state index contributed by atoms with van der Waals surface area (Å²) in [6, 6.07) is 0. The first-order chi connectivity index (χ1) is 7.86. The van der Waals surface area contributed by atoms with Gasteiger partial charge in [-0.2, -0.15) is 0 Å². The Balaban J connectivity index is 2.66. The number of aliphatic hydroxyl groups excluding tert-OH is 1. The zero-order chi connectivity index (χ0) is 13.1. The van der Waals surface area contributed by atoms with E-state index >= 15 is 0 Å². The summed E-state index contributed by atoms with van der Waals surface area (Å²) in [6.45, 7) is 11.5. The van der Waals surface area contributed by atoms with E-state index in [4.69, 9.17) is 4.74 Å². The fraction of sp³-hybridized carbons (Fsp3) is 1.00. The molecule has 1 fully saturated rings. The molecule has 0 aromatic rings. The van der Waals surface area contributed by atoms with E-state index in [2.05, 4.69) is 27.7 Å². The van der Waals surface area contributed by atoms with E-state index in [-0.39, 0.29) is 17.6 Å². The molecule has 1 aliphatic carbocycles. The zero-order valence-electron chi connectivity index (χ0n) is 12.2. The van der Waals surface area contributed by atoms with Crippen molar-refractivity contribution in [1.29, 1.82) is 0 Å². The van der Waals surface area contributed by atoms with Gasteiger partial charge in [0.05, 0.1) is 12.2 Å². The first-order valence-corrected chi connectivity index (χ1v) is 7.16. The molecule has 1 N–H and O–H groups in total. The monoisotopic (exact) mass is 242 g/mol. The van der Waals surface area contributed by atoms with E-state index in [1.54, 1.807) is 0 Å². The summed E-state index contributed by atoms with van der Waals surface area (Å²) in [5, 5.41) is 10.6. The van der Waals surface area contributed by atoms with Crippen LogP contribution in [0.1, 0.15) is 60.3 Å². The third-order valence-electron chi connectivity index (χ3n) is 3.97. The van der Waals surface area contributed by atoms with Gasteiger partial charge in [-0.05, 0) is 37.0 Å². The van der Waals surface area contributed by atoms with Crippen LogP contribution in [0.5, 0.6) is 0 Å². The van der Waals surface area contributed by atoms with Crippen molar-refractivity contribution in [2.75, 3.05) is 6.61 Å². The minimum absolute atomic E-state index is 0.0100. The van der Waals surface area contributed by atoms with Crippen LogP contribution in [-0.4, -0.2) is 23.9 Å². The number of hydrogen-bond donors (Lipinski definition) is 1. The van der Waals surface area contributed by atoms with Crippen molar-refractivity contribution in [3.8, 4) is 0 Å². The van der Waals surface area contributed by atoms with Crippen LogP contribution in [0, 0.1) is 17.3 Å². The van der Waals surface area contributed by atoms with E-state index in [9.17, 15) is 5.11 Å². The summed E-state index contributed by atoms with van der Waals surface area (Å²) >= 11 is 0. The van der Waals surface area contributed by atoms with E-state index in [1.165, 1.54) is 12.8 Å². The van der Waals surface area contributed by atoms with Crippen LogP contribution in [0.15, 0.2) is 0 Å². The van der Waals surface area contributed by atoms with Gasteiger partial charge < -0.3 is 9.84 Å². The molecule has 17 heavy (non-hydrogen) atoms. The van der Waals surface area contributed by atoms with Gasteiger partial charge in [-0.1, -0.05) is 40.5 Å². The molecule has 0 saturated heterocycles. The highest BCUT2D eigenvalue weighted by Gasteiger charge is 2.37. The maximum Gasteiger partial charge on any atom is 0.0884 e. The summed E-state index contributed by atoms with van der Waals surface area (Å²) < 4.78 is 5.81. The van der Waals surface area contributed by atoms with Crippen LogP contribution in [0.25, 0.3) is 0 Å². The van der Waals surface area contributed by atoms with Crippen molar-refractivity contribution in [2.24, 2.45) is 17.3 Å². The van der Waals surface area contributed by atoms with Gasteiger partial charge in [0, 0.05) is 6.61 Å². The molecule has 0 aromatic carbocycles. The summed E-state index contributed by atoms with van der Waals surface area (Å²) in [7, 11) is 0. The maximum absolute atomic E-state index is 10.6. The van der Waals surface area contributed by atoms with Gasteiger partial charge in [0.25, 0.3) is 0 Å². The van der Waals surface area contributed by atoms with Gasteiger partial charge in [-0.25, -0.2) is 0 Å². The smallest absolute Gasteiger partial charge is 0.0884 e. The molecule has 2 nitrogen and oxygen atoms in total. The van der Waals surface area contributed by atoms with Crippen molar-refractivity contribution in [3.63, 3.8) is 0 Å². The Hall–Kier alpha value is -0.0800. The van der Waals surface area contributed by atoms with Gasteiger partial charge in [-0.3, -0.25) is 0 Å². The molecule has 0 radical (unpaired) electrons. The van der Waals surface area contributed by atoms with Crippen LogP contribution >= 0.6 is 0 Å². The van der Waals surface area contributed by atoms with E-state index < -0.39 is 0 Å². The zero-order valence-corrected chi connectivity index (χ0v) is 12.2. The molecule has 2 heteroatoms. The molecule has 4 atom stereocenters. The van der Waals surface area contributed by atoms with Gasteiger partial charge >= 0.3 is 0 Å². The van der Waals surface area contributed by atoms with Crippen LogP contribution in [0.2, 0.25) is 0 Å². The van der Waals surface area contributed by atoms with E-state index in [1.807, 2.05) is 6.92 Å². The second-order valence-electron chi connectivity index (χ2n) is 6.76. The molecule has 0 bridgehead atoms. The maximum atomic E-state index is 10.6. The van der Waals surface area contributed by atoms with Crippen molar-refractivity contribution >= 4 is 0 Å². The third-order valence-corrected chi connectivity index (χ3v) is 3.97. The number of ether oxygens (including phenoxy) is 1. The number of rotatable bonds is 4. The Labute approximate surface area is 107 Å². The SMILES string of the molecule is CCOC(C(O)C1CCCC(C)C1)C(C)(C)C. The average Bonchev–Trinajstić information content (AvgIpc) is 2.23. The van der Waals surface area contributed by atoms with E-state index in [0.29, 0.717) is 12.5 Å². The highest BCUT2D eigenvalue weighted by atomic mass is 16.5. The topological polar surface area (TPSA) is 29.5 Å². The molecule has 0 aliphatic heterocycles. The normalized spacial score (nSPS) is 30.0. The molecule has 1 rings (SSSR count). The van der Waals surface area contributed by atoms with Crippen LogP contribution in [0.4, 0.5) is 0 Å². The van der Waals surface area contributed by atoms with Crippen molar-refractivity contribution in [3.05, 3.63) is 0 Å². The second kappa shape index (κ2) is 6.19. The lowest BCUT2D eigenvalue weighted by molar-refractivity contribution is -0.114. The molecule has 1 aliphatic rings. The fourth-order valence-electron chi connectivity index (χ4n) is 3.08. The predicted molar refractivity (Wildman–Crippen MR) is 72.0 cm³/mol. The Kier molecular flexibility index (Phi) is 5.46. The predicted octanol–water partition coefficient (Wildman–Crippen LogP) is 3.62. The first kappa shape index (κ1) is 15.0. The van der Waals surface area contributed by atoms with Crippen LogP contribution in [-0.2, 0) is 4.74 Å². The number of hydrogen-bond acceptors (Lipinski definition) is 2. The third kappa shape index (κ3) is 4.26. The molecular formula is C15H30O2. The molecule has 0 spiro atoms. The van der Waals surface area contributed by atoms with Crippen molar-refractivity contribution in [1.82, 2.24) is 0 Å². The Morgan fingerprint density at radius 2 is 1.94 bits per heavy atom. The Morgan fingerprint density at radius 1 is 1.29 bits per heavy atom. The molecule has 4 unspecified atom stereocenters. The van der Waals surface area contributed by atoms with Crippen LogP contribution in [0.3, 0.4) is 0 Å². The molecular weight excluding hydrogens is 212 g/mol. The summed E-state index contributed by atoms with van der Waals surface area (Å²) in [6.07, 6.45) is 4.54. The minimum atomic E-state index is -0.308. The highest BCUT2D eigenvalue weighted by molar-refractivity contribution is 4.87. The van der Waals surface area contributed by atoms with Crippen molar-refractivity contribution in [2.45, 2.75) is 72.5 Å². The lowest BCUT2D eigenvalue weighted by Gasteiger charge is -2.40. The standard InChI is InChI=1S/C15H30O2/c1-6-17-14(15(3,4)5)13(16)12-9-7-8-11(2)10-12/h11-14,16H,6-10H2,1-5H3. The minimum Gasteiger partial charge on any atom is -0.390 e. The summed E-state index contributed by atoms with van der Waals surface area (Å²) in [5.74, 6) is 1.18. The average molecular weight is 242 g/mol. The van der Waals surface area contributed by atoms with Gasteiger partial charge in [-0.15, -0.1) is 0 Å². The van der Waals surface area contributed by atoms with Gasteiger partial charge in [0.2, 0.25) is 0 Å². The molecule has 0 aromatic heterocycles. The molecule has 0 amide bonds. The van der Waals surface area contributed by atoms with Gasteiger partial charge in [0.1, 0.15) is 0 Å². The quantitative estimate of drug-likeness (QED) is 0.816. The summed E-state index contributed by atoms with van der Waals surface area (Å²) in [4.78, 5) is 0. The lowest BCUT2D eigenvalue weighted by atomic mass is 9.74. The molecule has 0 heterocycles. The van der Waals surface area contributed by atoms with E-state index in [0.717, 1.165) is 18.8 Å². The van der Waals surface area contributed by atoms with Gasteiger partial charge in [0.15, 0.2) is 0 Å². The second-order valence-corrected chi connectivity index (χ2v) is 6.76. The van der Waals surface area contributed by atoms with Crippen LogP contribution < -0.4 is 0 Å². The lowest BCUT2D eigenvalue weighted by Crippen LogP contribution is -2.45.